The number of hydrogen-bond donors (Lipinski definition) is 0. The molecule has 0 fully saturated rings. The van der Waals surface area contributed by atoms with Crippen LogP contribution in [0.1, 0.15) is 24.5 Å². The molecule has 0 aromatic carbocycles. The van der Waals surface area contributed by atoms with Crippen molar-refractivity contribution >= 4 is 6.08 Å². The maximum atomic E-state index is 9.86. The molecule has 0 radical (unpaired) electrons. The summed E-state index contributed by atoms with van der Waals surface area (Å²) in [4.78, 5) is 13.4. The Hall–Kier alpha value is -1.34. The summed E-state index contributed by atoms with van der Waals surface area (Å²) in [6, 6.07) is 3.42. The van der Waals surface area contributed by atoms with Crippen LogP contribution in [-0.4, -0.2) is 6.08 Å². The quantitative estimate of drug-likeness (QED) is 0.479. The smallest absolute Gasteiger partial charge is 0.235 e. The predicted octanol–water partition coefficient (Wildman–Crippen LogP) is 1.98. The molecule has 0 N–H and O–H groups in total. The molecule has 1 aromatic heterocycles. The lowest BCUT2D eigenvalue weighted by atomic mass is 10.3. The van der Waals surface area contributed by atoms with Crippen molar-refractivity contribution in [2.24, 2.45) is 4.99 Å². The number of aliphatic imine (C=N–C) groups is 1. The molecule has 0 saturated heterocycles. The van der Waals surface area contributed by atoms with Crippen molar-refractivity contribution in [2.45, 2.75) is 19.9 Å². The lowest BCUT2D eigenvalue weighted by Gasteiger charge is -1.96. The number of rotatable bonds is 2. The van der Waals surface area contributed by atoms with Crippen molar-refractivity contribution in [3.05, 3.63) is 23.7 Å². The van der Waals surface area contributed by atoms with E-state index in [2.05, 4.69) is 4.99 Å². The Morgan fingerprint density at radius 1 is 1.64 bits per heavy atom. The molecular formula is C8H9NO2. The van der Waals surface area contributed by atoms with Gasteiger partial charge in [0.25, 0.3) is 0 Å². The van der Waals surface area contributed by atoms with E-state index in [1.165, 1.54) is 6.08 Å². The molecule has 3 heteroatoms. The molecule has 1 heterocycles. The largest absolute Gasteiger partial charge is 0.464 e. The van der Waals surface area contributed by atoms with Gasteiger partial charge in [-0.15, -0.1) is 0 Å². The third-order valence-electron chi connectivity index (χ3n) is 1.42. The molecule has 1 atom stereocenters. The Kier molecular flexibility index (Phi) is 2.24. The van der Waals surface area contributed by atoms with Crippen molar-refractivity contribution in [1.29, 1.82) is 0 Å². The maximum absolute atomic E-state index is 9.86. The molecule has 0 spiro atoms. The van der Waals surface area contributed by atoms with Gasteiger partial charge in [-0.05, 0) is 26.0 Å². The number of aryl methyl sites for hydroxylation is 1. The van der Waals surface area contributed by atoms with Crippen LogP contribution in [0.15, 0.2) is 21.5 Å². The highest BCUT2D eigenvalue weighted by Gasteiger charge is 2.06. The minimum absolute atomic E-state index is 0.221. The van der Waals surface area contributed by atoms with Gasteiger partial charge in [0, 0.05) is 0 Å². The topological polar surface area (TPSA) is 42.6 Å². The van der Waals surface area contributed by atoms with E-state index in [1.807, 2.05) is 13.0 Å². The van der Waals surface area contributed by atoms with Gasteiger partial charge in [-0.25, -0.2) is 4.79 Å². The van der Waals surface area contributed by atoms with E-state index in [-0.39, 0.29) is 6.04 Å². The second kappa shape index (κ2) is 3.17. The Labute approximate surface area is 64.7 Å². The van der Waals surface area contributed by atoms with Crippen molar-refractivity contribution in [3.63, 3.8) is 0 Å². The molecule has 0 aliphatic rings. The molecule has 0 unspecified atom stereocenters. The fraction of sp³-hybridized carbons (Fsp3) is 0.375. The van der Waals surface area contributed by atoms with Crippen molar-refractivity contribution < 1.29 is 9.21 Å². The number of furan rings is 1. The summed E-state index contributed by atoms with van der Waals surface area (Å²) < 4.78 is 5.23. The molecule has 1 rings (SSSR count). The molecular weight excluding hydrogens is 142 g/mol. The zero-order valence-corrected chi connectivity index (χ0v) is 6.50. The van der Waals surface area contributed by atoms with Crippen LogP contribution < -0.4 is 0 Å². The standard InChI is InChI=1S/C8H9NO2/c1-6-3-4-8(11-6)7(2)9-5-10/h3-4,7H,1-2H3/t7-/m0/s1. The van der Waals surface area contributed by atoms with E-state index in [9.17, 15) is 4.79 Å². The Bertz CT molecular complexity index is 284. The normalized spacial score (nSPS) is 12.2. The first-order chi connectivity index (χ1) is 5.24. The molecule has 0 bridgehead atoms. The van der Waals surface area contributed by atoms with Gasteiger partial charge in [-0.3, -0.25) is 0 Å². The van der Waals surface area contributed by atoms with Crippen LogP contribution in [0.3, 0.4) is 0 Å². The Balaban J connectivity index is 2.84. The molecule has 0 aliphatic carbocycles. The second-order valence-corrected chi connectivity index (χ2v) is 2.34. The summed E-state index contributed by atoms with van der Waals surface area (Å²) in [7, 11) is 0. The second-order valence-electron chi connectivity index (χ2n) is 2.34. The predicted molar refractivity (Wildman–Crippen MR) is 40.0 cm³/mol. The van der Waals surface area contributed by atoms with E-state index < -0.39 is 0 Å². The first-order valence-electron chi connectivity index (χ1n) is 3.37. The van der Waals surface area contributed by atoms with Crippen LogP contribution in [0.25, 0.3) is 0 Å². The van der Waals surface area contributed by atoms with Gasteiger partial charge in [0.05, 0.1) is 0 Å². The van der Waals surface area contributed by atoms with Gasteiger partial charge in [-0.1, -0.05) is 0 Å². The molecule has 58 valence electrons. The van der Waals surface area contributed by atoms with Crippen LogP contribution >= 0.6 is 0 Å². The summed E-state index contributed by atoms with van der Waals surface area (Å²) in [6.07, 6.45) is 1.49. The van der Waals surface area contributed by atoms with E-state index in [4.69, 9.17) is 4.42 Å². The van der Waals surface area contributed by atoms with Crippen molar-refractivity contribution in [3.8, 4) is 0 Å². The van der Waals surface area contributed by atoms with Gasteiger partial charge in [0.1, 0.15) is 17.6 Å². The van der Waals surface area contributed by atoms with Crippen molar-refractivity contribution in [1.82, 2.24) is 0 Å². The SMILES string of the molecule is Cc1ccc([C@H](C)N=C=O)o1. The highest BCUT2D eigenvalue weighted by atomic mass is 16.3. The summed E-state index contributed by atoms with van der Waals surface area (Å²) in [5.41, 5.74) is 0. The zero-order valence-electron chi connectivity index (χ0n) is 6.50. The first-order valence-corrected chi connectivity index (χ1v) is 3.37. The van der Waals surface area contributed by atoms with Gasteiger partial charge in [-0.2, -0.15) is 4.99 Å². The number of hydrogen-bond acceptors (Lipinski definition) is 3. The fourth-order valence-corrected chi connectivity index (χ4v) is 0.821. The summed E-state index contributed by atoms with van der Waals surface area (Å²) in [6.45, 7) is 3.63. The Morgan fingerprint density at radius 2 is 2.36 bits per heavy atom. The maximum Gasteiger partial charge on any atom is 0.235 e. The third kappa shape index (κ3) is 1.79. The number of isocyanates is 1. The van der Waals surface area contributed by atoms with E-state index in [1.54, 1.807) is 13.0 Å². The molecule has 1 aromatic rings. The lowest BCUT2D eigenvalue weighted by Crippen LogP contribution is -1.84. The van der Waals surface area contributed by atoms with Gasteiger partial charge in [0.2, 0.25) is 6.08 Å². The molecule has 0 saturated carbocycles. The average Bonchev–Trinajstić information content (AvgIpc) is 2.36. The highest BCUT2D eigenvalue weighted by molar-refractivity contribution is 5.34. The average molecular weight is 151 g/mol. The van der Waals surface area contributed by atoms with Crippen LogP contribution in [-0.2, 0) is 4.79 Å². The zero-order chi connectivity index (χ0) is 8.27. The third-order valence-corrected chi connectivity index (χ3v) is 1.42. The summed E-state index contributed by atoms with van der Waals surface area (Å²) in [5, 5.41) is 0. The molecule has 11 heavy (non-hydrogen) atoms. The fourth-order valence-electron chi connectivity index (χ4n) is 0.821. The van der Waals surface area contributed by atoms with Crippen LogP contribution in [0.4, 0.5) is 0 Å². The number of nitrogens with zero attached hydrogens (tertiary/aromatic N) is 1. The van der Waals surface area contributed by atoms with Crippen LogP contribution in [0, 0.1) is 6.92 Å². The van der Waals surface area contributed by atoms with Crippen LogP contribution in [0.2, 0.25) is 0 Å². The van der Waals surface area contributed by atoms with Crippen LogP contribution in [0.5, 0.6) is 0 Å². The van der Waals surface area contributed by atoms with Gasteiger partial charge in [0.15, 0.2) is 0 Å². The minimum atomic E-state index is -0.221. The van der Waals surface area contributed by atoms with Gasteiger partial charge >= 0.3 is 0 Å². The summed E-state index contributed by atoms with van der Waals surface area (Å²) in [5.74, 6) is 1.53. The monoisotopic (exact) mass is 151 g/mol. The van der Waals surface area contributed by atoms with E-state index in [0.717, 1.165) is 5.76 Å². The number of carbonyl (C=O) groups excluding carboxylic acids is 1. The first kappa shape index (κ1) is 7.76. The Morgan fingerprint density at radius 3 is 2.82 bits per heavy atom. The minimum Gasteiger partial charge on any atom is -0.464 e. The molecule has 3 nitrogen and oxygen atoms in total. The summed E-state index contributed by atoms with van der Waals surface area (Å²) >= 11 is 0. The van der Waals surface area contributed by atoms with Gasteiger partial charge < -0.3 is 4.42 Å². The van der Waals surface area contributed by atoms with E-state index in [0.29, 0.717) is 5.76 Å². The lowest BCUT2D eigenvalue weighted by molar-refractivity contribution is 0.456. The molecule has 0 amide bonds. The van der Waals surface area contributed by atoms with Crippen molar-refractivity contribution in [2.75, 3.05) is 0 Å². The molecule has 0 aliphatic heterocycles. The highest BCUT2D eigenvalue weighted by Crippen LogP contribution is 2.17. The van der Waals surface area contributed by atoms with E-state index >= 15 is 0 Å².